The maximum Gasteiger partial charge on any atom is 0.0707 e. The van der Waals surface area contributed by atoms with Gasteiger partial charge in [-0.05, 0) is 26.8 Å². The maximum absolute atomic E-state index is 10.3. The van der Waals surface area contributed by atoms with Crippen molar-refractivity contribution in [3.05, 3.63) is 0 Å². The third-order valence-electron chi connectivity index (χ3n) is 4.08. The highest BCUT2D eigenvalue weighted by Crippen LogP contribution is 2.22. The second kappa shape index (κ2) is 6.14. The van der Waals surface area contributed by atoms with Gasteiger partial charge in [-0.15, -0.1) is 0 Å². The summed E-state index contributed by atoms with van der Waals surface area (Å²) in [5, 5.41) is 10.3. The lowest BCUT2D eigenvalue weighted by Crippen LogP contribution is -2.43. The molecule has 2 rings (SSSR count). The van der Waals surface area contributed by atoms with E-state index in [2.05, 4.69) is 23.6 Å². The molecule has 100 valence electrons. The van der Waals surface area contributed by atoms with Crippen molar-refractivity contribution in [3.8, 4) is 0 Å². The van der Waals surface area contributed by atoms with Crippen LogP contribution in [0.25, 0.3) is 0 Å². The molecule has 0 aliphatic carbocycles. The van der Waals surface area contributed by atoms with Gasteiger partial charge in [0.1, 0.15) is 0 Å². The Labute approximate surface area is 105 Å². The van der Waals surface area contributed by atoms with Crippen LogP contribution in [0.2, 0.25) is 0 Å². The molecule has 4 nitrogen and oxygen atoms in total. The second-order valence-electron chi connectivity index (χ2n) is 5.62. The quantitative estimate of drug-likeness (QED) is 0.774. The van der Waals surface area contributed by atoms with Crippen molar-refractivity contribution in [1.82, 2.24) is 9.80 Å². The summed E-state index contributed by atoms with van der Waals surface area (Å²) in [4.78, 5) is 4.79. The van der Waals surface area contributed by atoms with Crippen LogP contribution in [-0.4, -0.2) is 73.0 Å². The van der Waals surface area contributed by atoms with Crippen molar-refractivity contribution >= 4 is 0 Å². The summed E-state index contributed by atoms with van der Waals surface area (Å²) in [6.45, 7) is 11.1. The van der Waals surface area contributed by atoms with Crippen molar-refractivity contribution in [2.24, 2.45) is 5.92 Å². The first kappa shape index (κ1) is 13.3. The maximum atomic E-state index is 10.3. The lowest BCUT2D eigenvalue weighted by atomic mass is 10.0. The monoisotopic (exact) mass is 242 g/mol. The smallest absolute Gasteiger partial charge is 0.0707 e. The van der Waals surface area contributed by atoms with Crippen LogP contribution in [-0.2, 0) is 4.74 Å². The Hall–Kier alpha value is -0.160. The highest BCUT2D eigenvalue weighted by Gasteiger charge is 2.30. The molecule has 2 aliphatic heterocycles. The predicted molar refractivity (Wildman–Crippen MR) is 68.1 cm³/mol. The first-order valence-corrected chi connectivity index (χ1v) is 6.89. The molecule has 0 radical (unpaired) electrons. The fourth-order valence-corrected chi connectivity index (χ4v) is 2.80. The predicted octanol–water partition coefficient (Wildman–Crippen LogP) is 0.410. The minimum absolute atomic E-state index is 0.170. The average molecular weight is 242 g/mol. The Bertz CT molecular complexity index is 229. The summed E-state index contributed by atoms with van der Waals surface area (Å²) in [6.07, 6.45) is 0.973. The Kier molecular flexibility index (Phi) is 4.79. The van der Waals surface area contributed by atoms with Crippen molar-refractivity contribution < 1.29 is 9.84 Å². The fourth-order valence-electron chi connectivity index (χ4n) is 2.80. The van der Waals surface area contributed by atoms with E-state index in [9.17, 15) is 5.11 Å². The topological polar surface area (TPSA) is 35.9 Å². The molecule has 0 spiro atoms. The number of aliphatic hydroxyl groups excluding tert-OH is 1. The number of β-amino-alcohol motifs (C(OH)–C–C–N with tert-alkyl or cyclic N) is 1. The first-order chi connectivity index (χ1) is 8.16. The minimum Gasteiger partial charge on any atom is -0.391 e. The van der Waals surface area contributed by atoms with Crippen LogP contribution in [0, 0.1) is 5.92 Å². The Morgan fingerprint density at radius 3 is 2.53 bits per heavy atom. The van der Waals surface area contributed by atoms with Gasteiger partial charge in [-0.3, -0.25) is 4.90 Å². The Morgan fingerprint density at radius 2 is 1.94 bits per heavy atom. The van der Waals surface area contributed by atoms with Crippen molar-refractivity contribution in [2.45, 2.75) is 32.4 Å². The molecule has 0 aromatic rings. The summed E-state index contributed by atoms with van der Waals surface area (Å²) in [7, 11) is 0. The molecule has 0 saturated carbocycles. The highest BCUT2D eigenvalue weighted by atomic mass is 16.5. The standard InChI is InChI=1S/C13H26N2O2/c1-11(2)15-4-3-12(9-15)13(16)10-14-5-7-17-8-6-14/h11-13,16H,3-10H2,1-2H3. The SMILES string of the molecule is CC(C)N1CCC(C(O)CN2CCOCC2)C1. The van der Waals surface area contributed by atoms with Crippen LogP contribution in [0.3, 0.4) is 0 Å². The fraction of sp³-hybridized carbons (Fsp3) is 1.00. The molecule has 0 aromatic heterocycles. The lowest BCUT2D eigenvalue weighted by molar-refractivity contribution is 0.00163. The summed E-state index contributed by atoms with van der Waals surface area (Å²) in [5.74, 6) is 0.459. The molecule has 2 saturated heterocycles. The average Bonchev–Trinajstić information content (AvgIpc) is 2.79. The molecule has 0 bridgehead atoms. The minimum atomic E-state index is -0.170. The van der Waals surface area contributed by atoms with E-state index >= 15 is 0 Å². The number of aliphatic hydroxyl groups is 1. The first-order valence-electron chi connectivity index (χ1n) is 6.89. The number of nitrogens with zero attached hydrogens (tertiary/aromatic N) is 2. The third kappa shape index (κ3) is 3.65. The molecule has 17 heavy (non-hydrogen) atoms. The summed E-state index contributed by atoms with van der Waals surface area (Å²) >= 11 is 0. The molecule has 2 heterocycles. The Morgan fingerprint density at radius 1 is 1.24 bits per heavy atom. The van der Waals surface area contributed by atoms with E-state index in [1.165, 1.54) is 0 Å². The van der Waals surface area contributed by atoms with Gasteiger partial charge in [0.15, 0.2) is 0 Å². The van der Waals surface area contributed by atoms with Crippen LogP contribution < -0.4 is 0 Å². The van der Waals surface area contributed by atoms with Gasteiger partial charge >= 0.3 is 0 Å². The largest absolute Gasteiger partial charge is 0.391 e. The van der Waals surface area contributed by atoms with Gasteiger partial charge in [0.2, 0.25) is 0 Å². The third-order valence-corrected chi connectivity index (χ3v) is 4.08. The molecule has 2 atom stereocenters. The Balaban J connectivity index is 1.74. The zero-order chi connectivity index (χ0) is 12.3. The van der Waals surface area contributed by atoms with Crippen LogP contribution in [0.4, 0.5) is 0 Å². The molecular formula is C13H26N2O2. The number of morpholine rings is 1. The van der Waals surface area contributed by atoms with E-state index in [1.807, 2.05) is 0 Å². The molecule has 2 aliphatic rings. The summed E-state index contributed by atoms with van der Waals surface area (Å²) in [5.41, 5.74) is 0. The van der Waals surface area contributed by atoms with Crippen LogP contribution in [0.15, 0.2) is 0 Å². The van der Waals surface area contributed by atoms with Gasteiger partial charge in [-0.1, -0.05) is 0 Å². The van der Waals surface area contributed by atoms with Gasteiger partial charge in [0.25, 0.3) is 0 Å². The molecule has 2 fully saturated rings. The van der Waals surface area contributed by atoms with Gasteiger partial charge in [-0.25, -0.2) is 0 Å². The van der Waals surface area contributed by atoms with Crippen LogP contribution in [0.1, 0.15) is 20.3 Å². The van der Waals surface area contributed by atoms with E-state index < -0.39 is 0 Å². The molecule has 1 N–H and O–H groups in total. The normalized spacial score (nSPS) is 30.0. The number of hydrogen-bond acceptors (Lipinski definition) is 4. The number of likely N-dealkylation sites (tertiary alicyclic amines) is 1. The van der Waals surface area contributed by atoms with Gasteiger partial charge in [-0.2, -0.15) is 0 Å². The van der Waals surface area contributed by atoms with Crippen LogP contribution >= 0.6 is 0 Å². The number of hydrogen-bond donors (Lipinski definition) is 1. The van der Waals surface area contributed by atoms with E-state index in [4.69, 9.17) is 4.74 Å². The number of ether oxygens (including phenoxy) is 1. The van der Waals surface area contributed by atoms with E-state index in [0.29, 0.717) is 12.0 Å². The molecule has 0 aromatic carbocycles. The van der Waals surface area contributed by atoms with Gasteiger partial charge < -0.3 is 14.7 Å². The van der Waals surface area contributed by atoms with E-state index in [1.54, 1.807) is 0 Å². The summed E-state index contributed by atoms with van der Waals surface area (Å²) in [6, 6.07) is 0.607. The molecular weight excluding hydrogens is 216 g/mol. The highest BCUT2D eigenvalue weighted by molar-refractivity contribution is 4.84. The molecule has 4 heteroatoms. The van der Waals surface area contributed by atoms with Gasteiger partial charge in [0, 0.05) is 38.1 Å². The van der Waals surface area contributed by atoms with Crippen LogP contribution in [0.5, 0.6) is 0 Å². The summed E-state index contributed by atoms with van der Waals surface area (Å²) < 4.78 is 5.32. The zero-order valence-corrected chi connectivity index (χ0v) is 11.1. The lowest BCUT2D eigenvalue weighted by Gasteiger charge is -2.30. The van der Waals surface area contributed by atoms with E-state index in [0.717, 1.165) is 52.4 Å². The molecule has 2 unspecified atom stereocenters. The second-order valence-corrected chi connectivity index (χ2v) is 5.62. The number of rotatable bonds is 4. The van der Waals surface area contributed by atoms with Crippen molar-refractivity contribution in [2.75, 3.05) is 45.9 Å². The van der Waals surface area contributed by atoms with Gasteiger partial charge in [0.05, 0.1) is 19.3 Å². The van der Waals surface area contributed by atoms with Crippen molar-refractivity contribution in [3.63, 3.8) is 0 Å². The molecule has 0 amide bonds. The van der Waals surface area contributed by atoms with Crippen molar-refractivity contribution in [1.29, 1.82) is 0 Å². The van der Waals surface area contributed by atoms with E-state index in [-0.39, 0.29) is 6.10 Å². The zero-order valence-electron chi connectivity index (χ0n) is 11.1.